The summed E-state index contributed by atoms with van der Waals surface area (Å²) in [5, 5.41) is 15.9. The van der Waals surface area contributed by atoms with Gasteiger partial charge in [-0.25, -0.2) is 0 Å². The van der Waals surface area contributed by atoms with E-state index in [0.29, 0.717) is 6.42 Å². The summed E-state index contributed by atoms with van der Waals surface area (Å²) >= 11 is 2.24. The molecule has 2 saturated carbocycles. The molecule has 2 aliphatic rings. The zero-order chi connectivity index (χ0) is 16.2. The molecule has 2 N–H and O–H groups in total. The molecule has 0 aliphatic heterocycles. The van der Waals surface area contributed by atoms with E-state index in [4.69, 9.17) is 0 Å². The summed E-state index contributed by atoms with van der Waals surface area (Å²) in [7, 11) is 0. The van der Waals surface area contributed by atoms with Gasteiger partial charge in [-0.1, -0.05) is 25.9 Å². The Morgan fingerprint density at radius 2 is 1.86 bits per heavy atom. The van der Waals surface area contributed by atoms with E-state index < -0.39 is 5.41 Å². The fraction of sp³-hybridized carbons (Fsp3) is 0.529. The molecule has 0 saturated heterocycles. The Morgan fingerprint density at radius 3 is 2.41 bits per heavy atom. The highest BCUT2D eigenvalue weighted by molar-refractivity contribution is 14.1. The van der Waals surface area contributed by atoms with Crippen LogP contribution in [0.2, 0.25) is 0 Å². The number of anilines is 1. The summed E-state index contributed by atoms with van der Waals surface area (Å²) in [6.45, 7) is 6.38. The van der Waals surface area contributed by atoms with E-state index in [1.54, 1.807) is 0 Å². The van der Waals surface area contributed by atoms with Gasteiger partial charge in [0.05, 0.1) is 11.1 Å². The third kappa shape index (κ3) is 1.87. The molecule has 2 aliphatic carbocycles. The third-order valence-corrected chi connectivity index (χ3v) is 7.11. The summed E-state index contributed by atoms with van der Waals surface area (Å²) in [6, 6.07) is 7.81. The molecule has 22 heavy (non-hydrogen) atoms. The number of carbonyl (C=O) groups excluding carboxylic acids is 1. The number of nitrogens with one attached hydrogen (secondary N) is 1. The van der Waals surface area contributed by atoms with Crippen molar-refractivity contribution in [3.8, 4) is 0 Å². The predicted octanol–water partition coefficient (Wildman–Crippen LogP) is 4.28. The molecule has 0 radical (unpaired) electrons. The second-order valence-corrected chi connectivity index (χ2v) is 8.47. The zero-order valence-electron chi connectivity index (χ0n) is 13.1. The van der Waals surface area contributed by atoms with Gasteiger partial charge in [0.1, 0.15) is 0 Å². The van der Waals surface area contributed by atoms with Crippen molar-refractivity contribution in [2.24, 2.45) is 21.4 Å². The number of benzene rings is 1. The molecule has 2 atom stereocenters. The molecule has 5 heteroatoms. The van der Waals surface area contributed by atoms with E-state index in [2.05, 4.69) is 53.8 Å². The second kappa shape index (κ2) is 4.94. The van der Waals surface area contributed by atoms with Crippen molar-refractivity contribution in [2.75, 3.05) is 5.32 Å². The fourth-order valence-corrected chi connectivity index (χ4v) is 4.68. The molecule has 0 spiro atoms. The van der Waals surface area contributed by atoms with E-state index in [1.807, 2.05) is 24.3 Å². The zero-order valence-corrected chi connectivity index (χ0v) is 15.3. The third-order valence-electron chi connectivity index (χ3n) is 6.39. The molecule has 1 aromatic carbocycles. The average molecular weight is 412 g/mol. The minimum Gasteiger partial charge on any atom is -0.411 e. The molecule has 2 unspecified atom stereocenters. The van der Waals surface area contributed by atoms with Crippen LogP contribution in [0.1, 0.15) is 40.0 Å². The number of hydrogen-bond acceptors (Lipinski definition) is 3. The molecule has 1 amide bonds. The van der Waals surface area contributed by atoms with Crippen molar-refractivity contribution in [1.29, 1.82) is 0 Å². The minimum absolute atomic E-state index is 0.0427. The summed E-state index contributed by atoms with van der Waals surface area (Å²) in [5.74, 6) is 0.0427. The summed E-state index contributed by atoms with van der Waals surface area (Å²) in [5.41, 5.74) is 0.659. The van der Waals surface area contributed by atoms with Gasteiger partial charge in [0, 0.05) is 21.1 Å². The van der Waals surface area contributed by atoms with Gasteiger partial charge in [0.15, 0.2) is 0 Å². The Hall–Kier alpha value is -1.11. The maximum Gasteiger partial charge on any atom is 0.231 e. The van der Waals surface area contributed by atoms with Crippen LogP contribution in [0, 0.1) is 19.8 Å². The highest BCUT2D eigenvalue weighted by Gasteiger charge is 2.71. The normalized spacial score (nSPS) is 34.1. The predicted molar refractivity (Wildman–Crippen MR) is 95.2 cm³/mol. The number of oxime groups is 1. The molecule has 2 bridgehead atoms. The Labute approximate surface area is 144 Å². The van der Waals surface area contributed by atoms with Crippen LogP contribution in [0.4, 0.5) is 5.69 Å². The van der Waals surface area contributed by atoms with Gasteiger partial charge >= 0.3 is 0 Å². The lowest BCUT2D eigenvalue weighted by Gasteiger charge is -2.39. The standard InChI is InChI=1S/C17H21IN2O2/c1-15(2)16(3)8-9-17(15,10-13(16)20-22)14(21)19-12-6-4-11(18)5-7-12/h4-7,22H,8-10H2,1-3H3,(H,19,21)/b20-13+. The summed E-state index contributed by atoms with van der Waals surface area (Å²) in [4.78, 5) is 13.0. The molecule has 0 aromatic heterocycles. The first-order valence-electron chi connectivity index (χ1n) is 7.55. The van der Waals surface area contributed by atoms with Crippen LogP contribution in [0.3, 0.4) is 0 Å². The quantitative estimate of drug-likeness (QED) is 0.433. The lowest BCUT2D eigenvalue weighted by atomic mass is 9.64. The first-order chi connectivity index (χ1) is 10.3. The van der Waals surface area contributed by atoms with Gasteiger partial charge < -0.3 is 10.5 Å². The number of rotatable bonds is 2. The van der Waals surface area contributed by atoms with Crippen LogP contribution in [0.15, 0.2) is 29.4 Å². The molecular formula is C17H21IN2O2. The Morgan fingerprint density at radius 1 is 1.23 bits per heavy atom. The van der Waals surface area contributed by atoms with E-state index in [-0.39, 0.29) is 16.7 Å². The van der Waals surface area contributed by atoms with E-state index in [1.165, 1.54) is 0 Å². The molecule has 4 nitrogen and oxygen atoms in total. The van der Waals surface area contributed by atoms with Crippen molar-refractivity contribution >= 4 is 39.9 Å². The molecule has 3 rings (SSSR count). The molecule has 118 valence electrons. The van der Waals surface area contributed by atoms with Gasteiger partial charge in [-0.3, -0.25) is 4.79 Å². The van der Waals surface area contributed by atoms with Gasteiger partial charge in [-0.05, 0) is 65.1 Å². The molecular weight excluding hydrogens is 391 g/mol. The van der Waals surface area contributed by atoms with Crippen LogP contribution in [-0.4, -0.2) is 16.8 Å². The van der Waals surface area contributed by atoms with Crippen molar-refractivity contribution in [1.82, 2.24) is 0 Å². The summed E-state index contributed by atoms with van der Waals surface area (Å²) < 4.78 is 1.14. The largest absolute Gasteiger partial charge is 0.411 e. The monoisotopic (exact) mass is 412 g/mol. The van der Waals surface area contributed by atoms with Crippen LogP contribution in [0.25, 0.3) is 0 Å². The van der Waals surface area contributed by atoms with Gasteiger partial charge in [0.25, 0.3) is 0 Å². The Bertz CT molecular complexity index is 653. The van der Waals surface area contributed by atoms with Crippen molar-refractivity contribution in [2.45, 2.75) is 40.0 Å². The van der Waals surface area contributed by atoms with E-state index >= 15 is 0 Å². The lowest BCUT2D eigenvalue weighted by molar-refractivity contribution is -0.130. The Balaban J connectivity index is 1.93. The second-order valence-electron chi connectivity index (χ2n) is 7.22. The smallest absolute Gasteiger partial charge is 0.231 e. The first kappa shape index (κ1) is 15.8. The Kier molecular flexibility index (Phi) is 3.54. The number of hydrogen-bond donors (Lipinski definition) is 2. The maximum absolute atomic E-state index is 13.0. The van der Waals surface area contributed by atoms with Crippen molar-refractivity contribution < 1.29 is 10.0 Å². The van der Waals surface area contributed by atoms with E-state index in [0.717, 1.165) is 27.8 Å². The highest BCUT2D eigenvalue weighted by atomic mass is 127. The average Bonchev–Trinajstić information content (AvgIpc) is 2.79. The molecule has 0 heterocycles. The van der Waals surface area contributed by atoms with Crippen LogP contribution < -0.4 is 5.32 Å². The number of fused-ring (bicyclic) bond motifs is 2. The van der Waals surface area contributed by atoms with Gasteiger partial charge in [-0.2, -0.15) is 0 Å². The maximum atomic E-state index is 13.0. The van der Waals surface area contributed by atoms with Crippen molar-refractivity contribution in [3.05, 3.63) is 27.8 Å². The van der Waals surface area contributed by atoms with E-state index in [9.17, 15) is 10.0 Å². The fourth-order valence-electron chi connectivity index (χ4n) is 4.32. The van der Waals surface area contributed by atoms with Gasteiger partial charge in [0.2, 0.25) is 5.91 Å². The van der Waals surface area contributed by atoms with Gasteiger partial charge in [-0.15, -0.1) is 0 Å². The molecule has 2 fully saturated rings. The minimum atomic E-state index is -0.494. The number of nitrogens with zero attached hydrogens (tertiary/aromatic N) is 1. The van der Waals surface area contributed by atoms with Crippen LogP contribution in [0.5, 0.6) is 0 Å². The summed E-state index contributed by atoms with van der Waals surface area (Å²) in [6.07, 6.45) is 2.27. The van der Waals surface area contributed by atoms with Crippen LogP contribution >= 0.6 is 22.6 Å². The lowest BCUT2D eigenvalue weighted by Crippen LogP contribution is -2.43. The topological polar surface area (TPSA) is 61.7 Å². The number of carbonyl (C=O) groups is 1. The highest BCUT2D eigenvalue weighted by Crippen LogP contribution is 2.71. The molecule has 1 aromatic rings. The van der Waals surface area contributed by atoms with Crippen molar-refractivity contribution in [3.63, 3.8) is 0 Å². The van der Waals surface area contributed by atoms with Crippen LogP contribution in [-0.2, 0) is 4.79 Å². The SMILES string of the molecule is CC12CCC(C(=O)Nc3ccc(I)cc3)(C/C1=N\O)C2(C)C. The first-order valence-corrected chi connectivity index (χ1v) is 8.63. The number of amides is 1. The number of halogens is 1.